The molecule has 0 fully saturated rings. The summed E-state index contributed by atoms with van der Waals surface area (Å²) in [7, 11) is 0. The number of ether oxygens (including phenoxy) is 4. The quantitative estimate of drug-likeness (QED) is 0.0938. The molecule has 0 saturated heterocycles. The molecule has 0 atom stereocenters. The molecular weight excluding hydrogens is 590 g/mol. The van der Waals surface area contributed by atoms with E-state index < -0.39 is 11.6 Å². The fourth-order valence-electron chi connectivity index (χ4n) is 4.75. The summed E-state index contributed by atoms with van der Waals surface area (Å²) in [5, 5.41) is 0. The lowest BCUT2D eigenvalue weighted by Gasteiger charge is -2.15. The Hall–Kier alpha value is -4.22. The van der Waals surface area contributed by atoms with Crippen molar-refractivity contribution in [3.8, 4) is 56.4 Å². The van der Waals surface area contributed by atoms with E-state index in [-0.39, 0.29) is 0 Å². The van der Waals surface area contributed by atoms with Crippen LogP contribution in [-0.2, 0) is 0 Å². The van der Waals surface area contributed by atoms with Crippen molar-refractivity contribution in [1.82, 2.24) is 0 Å². The summed E-state index contributed by atoms with van der Waals surface area (Å²) >= 11 is 0. The van der Waals surface area contributed by atoms with Gasteiger partial charge in [-0.1, -0.05) is 0 Å². The smallest absolute Gasteiger partial charge is 0.124 e. The summed E-state index contributed by atoms with van der Waals surface area (Å²) < 4.78 is 54.0. The normalized spacial score (nSPS) is 11.0. The number of nitrogens with two attached hydrogens (primary N) is 4. The topological polar surface area (TPSA) is 141 Å². The van der Waals surface area contributed by atoms with Gasteiger partial charge in [-0.25, -0.2) is 8.78 Å². The van der Waals surface area contributed by atoms with Crippen LogP contribution < -0.4 is 41.9 Å². The summed E-state index contributed by atoms with van der Waals surface area (Å²) in [6, 6.07) is 20.1. The highest BCUT2D eigenvalue weighted by atomic mass is 19.1. The van der Waals surface area contributed by atoms with Crippen LogP contribution in [0.1, 0.15) is 25.7 Å². The SMILES string of the molecule is NCCCOc1cc(OCCCN)cc(-c2cc(F)cc(-c3cc(F)cc(-c4cc(OCCCN)cc(OCCCN)c4)c3)c2)c1. The highest BCUT2D eigenvalue weighted by molar-refractivity contribution is 5.78. The van der Waals surface area contributed by atoms with Crippen molar-refractivity contribution in [1.29, 1.82) is 0 Å². The first-order valence-corrected chi connectivity index (χ1v) is 15.7. The summed E-state index contributed by atoms with van der Waals surface area (Å²) in [6.45, 7) is 3.72. The molecule has 4 rings (SSSR count). The molecule has 0 bridgehead atoms. The van der Waals surface area contributed by atoms with E-state index >= 15 is 8.78 Å². The molecule has 10 heteroatoms. The van der Waals surface area contributed by atoms with Gasteiger partial charge < -0.3 is 41.9 Å². The van der Waals surface area contributed by atoms with Crippen molar-refractivity contribution >= 4 is 0 Å². The maximum Gasteiger partial charge on any atom is 0.124 e. The van der Waals surface area contributed by atoms with Crippen molar-refractivity contribution in [3.63, 3.8) is 0 Å². The molecule has 0 amide bonds. The van der Waals surface area contributed by atoms with Crippen LogP contribution in [0.15, 0.2) is 72.8 Å². The first-order chi connectivity index (χ1) is 22.4. The molecular formula is C36H44F2N4O4. The molecule has 0 saturated carbocycles. The molecule has 0 heterocycles. The Bertz CT molecular complexity index is 1380. The van der Waals surface area contributed by atoms with Crippen LogP contribution in [-0.4, -0.2) is 52.6 Å². The molecule has 0 aliphatic carbocycles. The van der Waals surface area contributed by atoms with Crippen LogP contribution in [0.5, 0.6) is 23.0 Å². The second kappa shape index (κ2) is 18.1. The van der Waals surface area contributed by atoms with Gasteiger partial charge in [0, 0.05) is 12.1 Å². The van der Waals surface area contributed by atoms with Crippen molar-refractivity contribution in [2.24, 2.45) is 22.9 Å². The highest BCUT2D eigenvalue weighted by Gasteiger charge is 2.13. The molecule has 0 unspecified atom stereocenters. The van der Waals surface area contributed by atoms with Gasteiger partial charge in [0.15, 0.2) is 0 Å². The van der Waals surface area contributed by atoms with Gasteiger partial charge in [0.25, 0.3) is 0 Å². The van der Waals surface area contributed by atoms with E-state index in [0.29, 0.717) is 135 Å². The van der Waals surface area contributed by atoms with Crippen LogP contribution in [0.2, 0.25) is 0 Å². The van der Waals surface area contributed by atoms with E-state index in [1.165, 1.54) is 24.3 Å². The van der Waals surface area contributed by atoms with Crippen LogP contribution in [0, 0.1) is 11.6 Å². The average molecular weight is 635 g/mol. The Morgan fingerprint density at radius 3 is 0.826 bits per heavy atom. The van der Waals surface area contributed by atoms with Crippen molar-refractivity contribution in [2.45, 2.75) is 25.7 Å². The number of hydrogen-bond donors (Lipinski definition) is 4. The Balaban J connectivity index is 1.72. The highest BCUT2D eigenvalue weighted by Crippen LogP contribution is 2.36. The van der Waals surface area contributed by atoms with E-state index in [1.807, 2.05) is 36.4 Å². The minimum Gasteiger partial charge on any atom is -0.493 e. The number of benzene rings is 4. The van der Waals surface area contributed by atoms with Gasteiger partial charge in [0.1, 0.15) is 34.6 Å². The third-order valence-corrected chi connectivity index (χ3v) is 7.02. The van der Waals surface area contributed by atoms with Crippen LogP contribution in [0.4, 0.5) is 8.78 Å². The maximum atomic E-state index is 15.2. The molecule has 46 heavy (non-hydrogen) atoms. The zero-order valence-electron chi connectivity index (χ0n) is 26.1. The third-order valence-electron chi connectivity index (χ3n) is 7.02. The van der Waals surface area contributed by atoms with Crippen molar-refractivity contribution in [2.75, 3.05) is 52.6 Å². The molecule has 0 spiro atoms. The predicted molar refractivity (Wildman–Crippen MR) is 179 cm³/mol. The molecule has 8 N–H and O–H groups in total. The summed E-state index contributed by atoms with van der Waals surface area (Å²) in [4.78, 5) is 0. The number of halogens is 2. The zero-order valence-corrected chi connectivity index (χ0v) is 26.1. The fourth-order valence-corrected chi connectivity index (χ4v) is 4.75. The van der Waals surface area contributed by atoms with Crippen molar-refractivity contribution < 1.29 is 27.7 Å². The third kappa shape index (κ3) is 10.4. The minimum atomic E-state index is -0.468. The first-order valence-electron chi connectivity index (χ1n) is 15.7. The monoisotopic (exact) mass is 634 g/mol. The second-order valence-electron chi connectivity index (χ2n) is 10.8. The lowest BCUT2D eigenvalue weighted by molar-refractivity contribution is 0.298. The van der Waals surface area contributed by atoms with E-state index in [9.17, 15) is 0 Å². The standard InChI is InChI=1S/C36H44F2N4O4/c37-31-15-25(13-27(17-31)29-19-33(43-9-1-5-39)23-34(20-29)44-10-2-6-40)26-14-28(18-32(38)16-26)30-21-35(45-11-3-7-41)24-36(22-30)46-12-4-8-42/h13-24H,1-12,39-42H2. The maximum absolute atomic E-state index is 15.2. The summed E-state index contributed by atoms with van der Waals surface area (Å²) in [5.74, 6) is 1.36. The Morgan fingerprint density at radius 1 is 0.348 bits per heavy atom. The number of rotatable bonds is 19. The Kier molecular flexibility index (Phi) is 13.6. The van der Waals surface area contributed by atoms with Crippen LogP contribution in [0.25, 0.3) is 33.4 Å². The van der Waals surface area contributed by atoms with E-state index in [0.717, 1.165) is 0 Å². The van der Waals surface area contributed by atoms with E-state index in [1.54, 1.807) is 12.1 Å². The van der Waals surface area contributed by atoms with Crippen LogP contribution in [0.3, 0.4) is 0 Å². The largest absolute Gasteiger partial charge is 0.493 e. The average Bonchev–Trinajstić information content (AvgIpc) is 3.04. The van der Waals surface area contributed by atoms with Gasteiger partial charge in [-0.3, -0.25) is 0 Å². The molecule has 4 aromatic rings. The Labute approximate surface area is 269 Å². The second-order valence-corrected chi connectivity index (χ2v) is 10.8. The van der Waals surface area contributed by atoms with Crippen LogP contribution >= 0.6 is 0 Å². The van der Waals surface area contributed by atoms with Gasteiger partial charge in [-0.2, -0.15) is 0 Å². The van der Waals surface area contributed by atoms with Gasteiger partial charge >= 0.3 is 0 Å². The molecule has 0 aliphatic rings. The Morgan fingerprint density at radius 2 is 0.587 bits per heavy atom. The molecule has 0 aromatic heterocycles. The van der Waals surface area contributed by atoms with Crippen molar-refractivity contribution in [3.05, 3.63) is 84.4 Å². The molecule has 8 nitrogen and oxygen atoms in total. The van der Waals surface area contributed by atoms with Gasteiger partial charge in [0.2, 0.25) is 0 Å². The zero-order chi connectivity index (χ0) is 32.7. The summed E-state index contributed by atoms with van der Waals surface area (Å²) in [6.07, 6.45) is 2.74. The predicted octanol–water partition coefficient (Wildman–Crippen LogP) is 5.88. The summed E-state index contributed by atoms with van der Waals surface area (Å²) in [5.41, 5.74) is 26.1. The lowest BCUT2D eigenvalue weighted by atomic mass is 9.95. The molecule has 4 aromatic carbocycles. The fraction of sp³-hybridized carbons (Fsp3) is 0.333. The van der Waals surface area contributed by atoms with E-state index in [4.69, 9.17) is 41.9 Å². The van der Waals surface area contributed by atoms with Gasteiger partial charge in [-0.15, -0.1) is 0 Å². The lowest BCUT2D eigenvalue weighted by Crippen LogP contribution is -2.07. The first kappa shape index (κ1) is 34.6. The molecule has 0 aliphatic heterocycles. The van der Waals surface area contributed by atoms with Gasteiger partial charge in [0.05, 0.1) is 26.4 Å². The van der Waals surface area contributed by atoms with E-state index in [2.05, 4.69) is 0 Å². The minimum absolute atomic E-state index is 0.432. The van der Waals surface area contributed by atoms with Gasteiger partial charge in [-0.05, 0) is 146 Å². The molecule has 0 radical (unpaired) electrons. The number of hydrogen-bond acceptors (Lipinski definition) is 8. The molecule has 246 valence electrons.